The monoisotopic (exact) mass is 160 g/mol. The van der Waals surface area contributed by atoms with Gasteiger partial charge in [0.25, 0.3) is 0 Å². The van der Waals surface area contributed by atoms with Crippen LogP contribution in [0.15, 0.2) is 0 Å². The van der Waals surface area contributed by atoms with Crippen molar-refractivity contribution in [3.05, 3.63) is 0 Å². The average Bonchev–Trinajstić information content (AvgIpc) is 1.88. The third-order valence-corrected chi connectivity index (χ3v) is 4.21. The highest BCUT2D eigenvalue weighted by atomic mass is 28.2. The minimum absolute atomic E-state index is 0.187. The molecule has 1 fully saturated rings. The average molecular weight is 160 g/mol. The predicted molar refractivity (Wildman–Crippen MR) is 41.6 cm³/mol. The van der Waals surface area contributed by atoms with Crippen molar-refractivity contribution in [2.75, 3.05) is 0 Å². The lowest BCUT2D eigenvalue weighted by Crippen LogP contribution is -2.29. The zero-order chi connectivity index (χ0) is 6.69. The van der Waals surface area contributed by atoms with Crippen LogP contribution in [0, 0.1) is 0 Å². The fourth-order valence-electron chi connectivity index (χ4n) is 1.14. The highest BCUT2D eigenvalue weighted by Gasteiger charge is 2.23. The Balaban J connectivity index is 2.23. The maximum atomic E-state index is 5.59. The van der Waals surface area contributed by atoms with Gasteiger partial charge in [0, 0.05) is 0 Å². The van der Waals surface area contributed by atoms with Gasteiger partial charge in [-0.1, -0.05) is 17.5 Å². The van der Waals surface area contributed by atoms with Gasteiger partial charge in [-0.25, -0.2) is 0 Å². The Morgan fingerprint density at radius 2 is 2.56 bits per heavy atom. The smallest absolute Gasteiger partial charge is 0.459 e. The van der Waals surface area contributed by atoms with E-state index < -0.39 is 14.5 Å². The molecule has 9 heavy (non-hydrogen) atoms. The molecule has 1 aliphatic rings. The molecule has 1 saturated heterocycles. The van der Waals surface area contributed by atoms with Crippen LogP contribution in [0.2, 0.25) is 11.1 Å². The summed E-state index contributed by atoms with van der Waals surface area (Å²) >= 11 is -0.773. The predicted octanol–water partition coefficient (Wildman–Crippen LogP) is 0.0412. The zero-order valence-electron chi connectivity index (χ0n) is 6.09. The quantitative estimate of drug-likeness (QED) is 0.504. The molecule has 1 heterocycles. The van der Waals surface area contributed by atoms with E-state index in [0.29, 0.717) is 0 Å². The van der Waals surface area contributed by atoms with Crippen LogP contribution in [-0.4, -0.2) is 31.3 Å². The molecule has 1 atom stereocenters. The fourth-order valence-corrected chi connectivity index (χ4v) is 3.42. The Kier molecular flexibility index (Phi) is 3.23. The molecule has 1 unspecified atom stereocenters. The van der Waals surface area contributed by atoms with Gasteiger partial charge in [0.2, 0.25) is 0 Å². The summed E-state index contributed by atoms with van der Waals surface area (Å²) < 4.78 is 10.8. The minimum atomic E-state index is -0.773. The van der Waals surface area contributed by atoms with Gasteiger partial charge in [0.1, 0.15) is 16.8 Å². The molecular weight excluding hydrogens is 147 g/mol. The van der Waals surface area contributed by atoms with Crippen molar-refractivity contribution >= 4 is 25.0 Å². The van der Waals surface area contributed by atoms with E-state index in [1.807, 2.05) is 0 Å². The Morgan fingerprint density at radius 3 is 3.00 bits per heavy atom. The van der Waals surface area contributed by atoms with Gasteiger partial charge in [0.05, 0.1) is 0 Å². The molecule has 0 aliphatic carbocycles. The lowest BCUT2D eigenvalue weighted by Gasteiger charge is -2.25. The molecule has 0 spiro atoms. The van der Waals surface area contributed by atoms with Gasteiger partial charge in [-0.2, -0.15) is 0 Å². The second-order valence-corrected chi connectivity index (χ2v) is 5.49. The topological polar surface area (TPSA) is 18.5 Å². The van der Waals surface area contributed by atoms with E-state index in [-0.39, 0.29) is 6.29 Å². The standard InChI is InChI=1S/C4H10O2Si.CH3.Al/c1-2-3-4(5)6-7;;/h4H,1-3H2,7H3;1H3;/q-1;;+1. The molecule has 0 amide bonds. The van der Waals surface area contributed by atoms with E-state index in [9.17, 15) is 0 Å². The highest BCUT2D eigenvalue weighted by molar-refractivity contribution is 6.50. The van der Waals surface area contributed by atoms with E-state index in [0.717, 1.165) is 16.9 Å². The molecule has 2 nitrogen and oxygen atoms in total. The second-order valence-electron chi connectivity index (χ2n) is 2.54. The van der Waals surface area contributed by atoms with Crippen molar-refractivity contribution in [2.45, 2.75) is 30.2 Å². The van der Waals surface area contributed by atoms with Crippen LogP contribution in [0.4, 0.5) is 0 Å². The normalized spacial score (nSPS) is 29.0. The highest BCUT2D eigenvalue weighted by Crippen LogP contribution is 2.16. The third kappa shape index (κ3) is 2.40. The van der Waals surface area contributed by atoms with Crippen LogP contribution in [-0.2, 0) is 8.21 Å². The minimum Gasteiger partial charge on any atom is -0.478 e. The van der Waals surface area contributed by atoms with Gasteiger partial charge in [-0.3, -0.25) is 0 Å². The number of hydrogen-bond acceptors (Lipinski definition) is 2. The molecule has 0 saturated carbocycles. The molecule has 0 bridgehead atoms. The Morgan fingerprint density at radius 1 is 1.78 bits per heavy atom. The van der Waals surface area contributed by atoms with Crippen molar-refractivity contribution in [1.29, 1.82) is 0 Å². The van der Waals surface area contributed by atoms with Crippen LogP contribution in [0.1, 0.15) is 12.8 Å². The van der Waals surface area contributed by atoms with Crippen LogP contribution < -0.4 is 0 Å². The summed E-state index contributed by atoms with van der Waals surface area (Å²) in [5, 5.41) is 1.33. The maximum Gasteiger partial charge on any atom is 0.459 e. The molecule has 52 valence electrons. The second kappa shape index (κ2) is 3.74. The summed E-state index contributed by atoms with van der Waals surface area (Å²) in [7, 11) is 0.818. The zero-order valence-corrected chi connectivity index (χ0v) is 9.25. The molecule has 1 aliphatic heterocycles. The van der Waals surface area contributed by atoms with E-state index in [1.54, 1.807) is 0 Å². The SMILES string of the molecule is [CH3][Al]1[CH2]CCC(O[SiH3])[O]1. The summed E-state index contributed by atoms with van der Waals surface area (Å²) in [6, 6.07) is 0. The summed E-state index contributed by atoms with van der Waals surface area (Å²) in [5.41, 5.74) is 0. The lowest BCUT2D eigenvalue weighted by molar-refractivity contribution is -0.00701. The first-order valence-corrected chi connectivity index (χ1v) is 6.77. The van der Waals surface area contributed by atoms with Crippen molar-refractivity contribution < 1.29 is 8.21 Å². The van der Waals surface area contributed by atoms with Gasteiger partial charge < -0.3 is 8.21 Å². The summed E-state index contributed by atoms with van der Waals surface area (Å²) in [6.45, 7) is 0. The molecule has 0 radical (unpaired) electrons. The summed E-state index contributed by atoms with van der Waals surface area (Å²) in [5.74, 6) is 2.24. The summed E-state index contributed by atoms with van der Waals surface area (Å²) in [4.78, 5) is 0. The van der Waals surface area contributed by atoms with Crippen LogP contribution in [0.25, 0.3) is 0 Å². The Labute approximate surface area is 63.8 Å². The van der Waals surface area contributed by atoms with Gasteiger partial charge in [-0.05, 0) is 6.42 Å². The molecule has 1 rings (SSSR count). The molecule has 0 aromatic rings. The fraction of sp³-hybridized carbons (Fsp3) is 1.00. The lowest BCUT2D eigenvalue weighted by atomic mass is 10.3. The summed E-state index contributed by atoms with van der Waals surface area (Å²) in [6.07, 6.45) is 2.63. The van der Waals surface area contributed by atoms with Crippen molar-refractivity contribution in [3.8, 4) is 0 Å². The first-order valence-electron chi connectivity index (χ1n) is 3.51. The van der Waals surface area contributed by atoms with Crippen LogP contribution in [0.3, 0.4) is 0 Å². The van der Waals surface area contributed by atoms with Crippen molar-refractivity contribution in [3.63, 3.8) is 0 Å². The number of rotatable bonds is 1. The van der Waals surface area contributed by atoms with Crippen molar-refractivity contribution in [1.82, 2.24) is 0 Å². The molecule has 0 N–H and O–H groups in total. The van der Waals surface area contributed by atoms with E-state index in [4.69, 9.17) is 8.21 Å². The van der Waals surface area contributed by atoms with Gasteiger partial charge in [0.15, 0.2) is 0 Å². The van der Waals surface area contributed by atoms with Crippen molar-refractivity contribution in [2.24, 2.45) is 0 Å². The molecule has 4 heteroatoms. The maximum absolute atomic E-state index is 5.59. The van der Waals surface area contributed by atoms with Crippen LogP contribution in [0.5, 0.6) is 0 Å². The largest absolute Gasteiger partial charge is 0.478 e. The first kappa shape index (κ1) is 7.77. The number of hydrogen-bond donors (Lipinski definition) is 0. The van der Waals surface area contributed by atoms with E-state index in [2.05, 4.69) is 5.79 Å². The van der Waals surface area contributed by atoms with Gasteiger partial charge in [-0.15, -0.1) is 0 Å². The first-order chi connectivity index (χ1) is 4.33. The molecule has 0 aromatic carbocycles. The van der Waals surface area contributed by atoms with E-state index >= 15 is 0 Å². The molecular formula is C5H13AlO2Si. The van der Waals surface area contributed by atoms with E-state index in [1.165, 1.54) is 11.7 Å². The Bertz CT molecular complexity index is 91.0. The molecule has 0 aromatic heterocycles. The third-order valence-electron chi connectivity index (χ3n) is 1.70. The van der Waals surface area contributed by atoms with Gasteiger partial charge >= 0.3 is 14.5 Å². The van der Waals surface area contributed by atoms with Crippen LogP contribution >= 0.6 is 0 Å². The Hall–Kier alpha value is 0.669.